The van der Waals surface area contributed by atoms with Crippen LogP contribution in [0.1, 0.15) is 20.9 Å². The van der Waals surface area contributed by atoms with E-state index in [1.165, 1.54) is 23.2 Å². The number of benzene rings is 1. The number of carbonyl (C=O) groups is 1. The first-order chi connectivity index (χ1) is 12.6. The van der Waals surface area contributed by atoms with E-state index in [2.05, 4.69) is 15.3 Å². The van der Waals surface area contributed by atoms with E-state index in [1.807, 2.05) is 23.7 Å². The summed E-state index contributed by atoms with van der Waals surface area (Å²) in [6.45, 7) is 2.37. The summed E-state index contributed by atoms with van der Waals surface area (Å²) in [4.78, 5) is 23.1. The summed E-state index contributed by atoms with van der Waals surface area (Å²) >= 11 is 1.61. The monoisotopic (exact) mass is 366 g/mol. The summed E-state index contributed by atoms with van der Waals surface area (Å²) in [5.74, 6) is -0.544. The first-order valence-electron chi connectivity index (χ1n) is 8.03. The zero-order valence-electron chi connectivity index (χ0n) is 13.9. The molecule has 0 aliphatic carbocycles. The van der Waals surface area contributed by atoms with Gasteiger partial charge in [0.15, 0.2) is 4.96 Å². The number of thiazole rings is 1. The van der Waals surface area contributed by atoms with Crippen molar-refractivity contribution in [2.75, 3.05) is 0 Å². The van der Waals surface area contributed by atoms with Crippen molar-refractivity contribution in [2.45, 2.75) is 13.5 Å². The van der Waals surface area contributed by atoms with Gasteiger partial charge in [-0.1, -0.05) is 12.1 Å². The maximum absolute atomic E-state index is 13.3. The highest BCUT2D eigenvalue weighted by Crippen LogP contribution is 2.18. The lowest BCUT2D eigenvalue weighted by Gasteiger charge is -2.05. The number of hydrogen-bond donors (Lipinski definition) is 1. The molecule has 0 aliphatic heterocycles. The van der Waals surface area contributed by atoms with Crippen LogP contribution in [0, 0.1) is 12.7 Å². The van der Waals surface area contributed by atoms with Crippen molar-refractivity contribution in [1.29, 1.82) is 0 Å². The number of hydrogen-bond acceptors (Lipinski definition) is 4. The predicted molar refractivity (Wildman–Crippen MR) is 98.6 cm³/mol. The van der Waals surface area contributed by atoms with Crippen LogP contribution >= 0.6 is 11.3 Å². The Bertz CT molecular complexity index is 1050. The Kier molecular flexibility index (Phi) is 4.22. The molecule has 4 aromatic rings. The standard InChI is InChI=1S/C19H15FN4OS/c1-12-10-24-11-16(23-19(24)26-12)9-22-18(25)14-5-6-17(21-8-14)13-3-2-4-15(20)7-13/h2-8,10-11H,9H2,1H3,(H,22,25). The van der Waals surface area contributed by atoms with Crippen LogP contribution in [0.4, 0.5) is 4.39 Å². The summed E-state index contributed by atoms with van der Waals surface area (Å²) in [6, 6.07) is 9.58. The Hall–Kier alpha value is -3.06. The molecule has 0 bridgehead atoms. The van der Waals surface area contributed by atoms with E-state index in [0.717, 1.165) is 10.7 Å². The maximum atomic E-state index is 13.3. The SMILES string of the molecule is Cc1cn2cc(CNC(=O)c3ccc(-c4cccc(F)c4)nc3)nc2s1. The molecule has 4 rings (SSSR count). The molecule has 0 saturated carbocycles. The first kappa shape index (κ1) is 16.4. The van der Waals surface area contributed by atoms with Crippen molar-refractivity contribution in [3.05, 3.63) is 76.9 Å². The summed E-state index contributed by atoms with van der Waals surface area (Å²) in [7, 11) is 0. The molecule has 0 radical (unpaired) electrons. The number of aryl methyl sites for hydroxylation is 1. The van der Waals surface area contributed by atoms with Gasteiger partial charge in [-0.15, -0.1) is 11.3 Å². The minimum atomic E-state index is -0.318. The molecule has 0 saturated heterocycles. The largest absolute Gasteiger partial charge is 0.346 e. The van der Waals surface area contributed by atoms with E-state index in [-0.39, 0.29) is 11.7 Å². The zero-order chi connectivity index (χ0) is 18.1. The highest BCUT2D eigenvalue weighted by Gasteiger charge is 2.09. The lowest BCUT2D eigenvalue weighted by molar-refractivity contribution is 0.0950. The third-order valence-electron chi connectivity index (χ3n) is 3.90. The van der Waals surface area contributed by atoms with E-state index in [4.69, 9.17) is 0 Å². The number of rotatable bonds is 4. The zero-order valence-corrected chi connectivity index (χ0v) is 14.8. The van der Waals surface area contributed by atoms with Crippen LogP contribution in [0.2, 0.25) is 0 Å². The topological polar surface area (TPSA) is 59.3 Å². The average molecular weight is 366 g/mol. The van der Waals surface area contributed by atoms with Gasteiger partial charge in [0.25, 0.3) is 5.91 Å². The number of carbonyl (C=O) groups excluding carboxylic acids is 1. The van der Waals surface area contributed by atoms with Crippen LogP contribution in [0.5, 0.6) is 0 Å². The van der Waals surface area contributed by atoms with Gasteiger partial charge in [-0.25, -0.2) is 9.37 Å². The van der Waals surface area contributed by atoms with Gasteiger partial charge < -0.3 is 5.32 Å². The highest BCUT2D eigenvalue weighted by atomic mass is 32.1. The number of nitrogens with zero attached hydrogens (tertiary/aromatic N) is 3. The van der Waals surface area contributed by atoms with E-state index < -0.39 is 0 Å². The van der Waals surface area contributed by atoms with Gasteiger partial charge in [0.05, 0.1) is 23.5 Å². The van der Waals surface area contributed by atoms with Crippen molar-refractivity contribution in [3.63, 3.8) is 0 Å². The average Bonchev–Trinajstić information content (AvgIpc) is 3.16. The molecule has 0 unspecified atom stereocenters. The smallest absolute Gasteiger partial charge is 0.253 e. The second kappa shape index (κ2) is 6.68. The fraction of sp³-hybridized carbons (Fsp3) is 0.105. The summed E-state index contributed by atoms with van der Waals surface area (Å²) in [5.41, 5.74) is 2.53. The van der Waals surface area contributed by atoms with E-state index in [9.17, 15) is 9.18 Å². The number of nitrogens with one attached hydrogen (secondary N) is 1. The Morgan fingerprint density at radius 3 is 2.88 bits per heavy atom. The van der Waals surface area contributed by atoms with Crippen molar-refractivity contribution < 1.29 is 9.18 Å². The lowest BCUT2D eigenvalue weighted by atomic mass is 10.1. The molecule has 7 heteroatoms. The van der Waals surface area contributed by atoms with Gasteiger partial charge in [-0.05, 0) is 31.2 Å². The van der Waals surface area contributed by atoms with Gasteiger partial charge in [0, 0.05) is 29.0 Å². The van der Waals surface area contributed by atoms with Crippen molar-refractivity contribution in [3.8, 4) is 11.3 Å². The normalized spacial score (nSPS) is 11.0. The van der Waals surface area contributed by atoms with Crippen LogP contribution in [0.25, 0.3) is 16.2 Å². The van der Waals surface area contributed by atoms with Gasteiger partial charge in [-0.2, -0.15) is 0 Å². The van der Waals surface area contributed by atoms with Gasteiger partial charge >= 0.3 is 0 Å². The minimum Gasteiger partial charge on any atom is -0.346 e. The second-order valence-electron chi connectivity index (χ2n) is 5.89. The summed E-state index contributed by atoms with van der Waals surface area (Å²) in [5, 5.41) is 2.84. The van der Waals surface area contributed by atoms with Crippen LogP contribution < -0.4 is 5.32 Å². The van der Waals surface area contributed by atoms with Crippen LogP contribution in [0.15, 0.2) is 55.0 Å². The Morgan fingerprint density at radius 1 is 1.27 bits per heavy atom. The quantitative estimate of drug-likeness (QED) is 0.597. The van der Waals surface area contributed by atoms with E-state index in [1.54, 1.807) is 35.6 Å². The number of pyridine rings is 1. The van der Waals surface area contributed by atoms with Crippen LogP contribution in [-0.4, -0.2) is 20.3 Å². The number of aromatic nitrogens is 3. The number of halogens is 1. The number of imidazole rings is 1. The van der Waals surface area contributed by atoms with Crippen LogP contribution in [-0.2, 0) is 6.54 Å². The Labute approximate surface area is 153 Å². The molecule has 0 fully saturated rings. The molecular formula is C19H15FN4OS. The molecule has 0 aliphatic rings. The maximum Gasteiger partial charge on any atom is 0.253 e. The molecule has 1 N–H and O–H groups in total. The molecule has 3 aromatic heterocycles. The highest BCUT2D eigenvalue weighted by molar-refractivity contribution is 7.16. The third-order valence-corrected chi connectivity index (χ3v) is 4.81. The molecule has 1 aromatic carbocycles. The molecule has 0 spiro atoms. The molecule has 5 nitrogen and oxygen atoms in total. The fourth-order valence-electron chi connectivity index (χ4n) is 2.66. The van der Waals surface area contributed by atoms with Crippen LogP contribution in [0.3, 0.4) is 0 Å². The van der Waals surface area contributed by atoms with Gasteiger partial charge in [0.2, 0.25) is 0 Å². The minimum absolute atomic E-state index is 0.226. The molecule has 1 amide bonds. The van der Waals surface area contributed by atoms with Gasteiger partial charge in [-0.3, -0.25) is 14.2 Å². The Balaban J connectivity index is 1.43. The van der Waals surface area contributed by atoms with E-state index in [0.29, 0.717) is 23.4 Å². The molecular weight excluding hydrogens is 351 g/mol. The summed E-state index contributed by atoms with van der Waals surface area (Å²) in [6.07, 6.45) is 5.41. The van der Waals surface area contributed by atoms with Gasteiger partial charge in [0.1, 0.15) is 5.82 Å². The molecule has 130 valence electrons. The van der Waals surface area contributed by atoms with Crippen molar-refractivity contribution in [1.82, 2.24) is 19.7 Å². The van der Waals surface area contributed by atoms with Crippen molar-refractivity contribution >= 4 is 22.2 Å². The molecule has 0 atom stereocenters. The predicted octanol–water partition coefficient (Wildman–Crippen LogP) is 3.84. The third kappa shape index (κ3) is 3.34. The van der Waals surface area contributed by atoms with Crippen molar-refractivity contribution in [2.24, 2.45) is 0 Å². The first-order valence-corrected chi connectivity index (χ1v) is 8.84. The second-order valence-corrected chi connectivity index (χ2v) is 7.10. The number of amides is 1. The lowest BCUT2D eigenvalue weighted by Crippen LogP contribution is -2.23. The molecule has 3 heterocycles. The van der Waals surface area contributed by atoms with E-state index >= 15 is 0 Å². The Morgan fingerprint density at radius 2 is 2.15 bits per heavy atom. The fourth-order valence-corrected chi connectivity index (χ4v) is 3.49. The number of fused-ring (bicyclic) bond motifs is 1. The molecule has 26 heavy (non-hydrogen) atoms. The summed E-state index contributed by atoms with van der Waals surface area (Å²) < 4.78 is 15.3.